The van der Waals surface area contributed by atoms with Gasteiger partial charge in [-0.15, -0.1) is 0 Å². The molecule has 0 aliphatic carbocycles. The van der Waals surface area contributed by atoms with Crippen LogP contribution in [0.4, 0.5) is 0 Å². The topological polar surface area (TPSA) is 72.5 Å². The highest BCUT2D eigenvalue weighted by molar-refractivity contribution is 9.09. The van der Waals surface area contributed by atoms with Gasteiger partial charge in [-0.2, -0.15) is 0 Å². The van der Waals surface area contributed by atoms with E-state index in [9.17, 15) is 9.90 Å². The third kappa shape index (κ3) is 4.21. The monoisotopic (exact) mass is 329 g/mol. The Balaban J connectivity index is 3.04. The fourth-order valence-electron chi connectivity index (χ4n) is 1.82. The van der Waals surface area contributed by atoms with E-state index >= 15 is 0 Å². The fourth-order valence-corrected chi connectivity index (χ4v) is 2.05. The van der Waals surface area contributed by atoms with E-state index in [4.69, 9.17) is 10.5 Å². The summed E-state index contributed by atoms with van der Waals surface area (Å²) in [5, 5.41) is 11.1. The summed E-state index contributed by atoms with van der Waals surface area (Å²) < 4.78 is 5.65. The van der Waals surface area contributed by atoms with Crippen molar-refractivity contribution in [2.45, 2.75) is 26.2 Å². The zero-order chi connectivity index (χ0) is 14.3. The first-order valence-electron chi connectivity index (χ1n) is 6.42. The van der Waals surface area contributed by atoms with Gasteiger partial charge in [-0.05, 0) is 25.0 Å². The molecule has 0 radical (unpaired) electrons. The van der Waals surface area contributed by atoms with Gasteiger partial charge in [0.1, 0.15) is 11.5 Å². The number of Topliss-reactive ketones (excluding diaryl/α,β-unsaturated/α-hetero) is 1. The first-order chi connectivity index (χ1) is 9.15. The molecular formula is C14H20BrNO3. The molecule has 0 aromatic heterocycles. The Morgan fingerprint density at radius 1 is 1.47 bits per heavy atom. The summed E-state index contributed by atoms with van der Waals surface area (Å²) in [5.41, 5.74) is 6.30. The van der Waals surface area contributed by atoms with Gasteiger partial charge in [0.15, 0.2) is 5.78 Å². The number of halogens is 1. The Morgan fingerprint density at radius 2 is 2.21 bits per heavy atom. The molecule has 1 aromatic carbocycles. The van der Waals surface area contributed by atoms with E-state index in [1.807, 2.05) is 6.92 Å². The molecule has 0 saturated heterocycles. The summed E-state index contributed by atoms with van der Waals surface area (Å²) in [7, 11) is 0. The number of benzene rings is 1. The summed E-state index contributed by atoms with van der Waals surface area (Å²) >= 11 is 3.34. The number of rotatable bonds is 8. The van der Waals surface area contributed by atoms with Crippen LogP contribution in [0.2, 0.25) is 0 Å². The molecule has 0 bridgehead atoms. The predicted octanol–water partition coefficient (Wildman–Crippen LogP) is 2.65. The minimum absolute atomic E-state index is 0.00800. The van der Waals surface area contributed by atoms with Crippen molar-refractivity contribution in [3.63, 3.8) is 0 Å². The van der Waals surface area contributed by atoms with E-state index in [2.05, 4.69) is 15.9 Å². The summed E-state index contributed by atoms with van der Waals surface area (Å²) in [6.45, 7) is 2.48. The normalized spacial score (nSPS) is 10.5. The number of hydrogen-bond donors (Lipinski definition) is 2. The molecule has 1 rings (SSSR count). The van der Waals surface area contributed by atoms with Crippen molar-refractivity contribution in [2.75, 3.05) is 18.5 Å². The number of carbonyl (C=O) groups excluding carboxylic acids is 1. The Labute approximate surface area is 122 Å². The maximum Gasteiger partial charge on any atom is 0.180 e. The summed E-state index contributed by atoms with van der Waals surface area (Å²) in [6, 6.07) is 3.31. The minimum atomic E-state index is -0.262. The van der Waals surface area contributed by atoms with Crippen molar-refractivity contribution in [3.05, 3.63) is 23.3 Å². The second kappa shape index (κ2) is 8.17. The number of aromatic hydroxyl groups is 1. The lowest BCUT2D eigenvalue weighted by Gasteiger charge is -2.14. The number of hydrogen-bond acceptors (Lipinski definition) is 4. The second-order valence-electron chi connectivity index (χ2n) is 4.21. The third-order valence-electron chi connectivity index (χ3n) is 2.76. The molecule has 0 fully saturated rings. The zero-order valence-corrected chi connectivity index (χ0v) is 12.7. The van der Waals surface area contributed by atoms with E-state index in [1.165, 1.54) is 0 Å². The lowest BCUT2D eigenvalue weighted by molar-refractivity contribution is 0.0998. The highest BCUT2D eigenvalue weighted by Gasteiger charge is 2.17. The Hall–Kier alpha value is -1.07. The number of phenols is 1. The quantitative estimate of drug-likeness (QED) is 0.437. The smallest absolute Gasteiger partial charge is 0.180 e. The highest BCUT2D eigenvalue weighted by atomic mass is 79.9. The van der Waals surface area contributed by atoms with Gasteiger partial charge in [0.05, 0.1) is 18.7 Å². The Kier molecular flexibility index (Phi) is 6.87. The van der Waals surface area contributed by atoms with Gasteiger partial charge in [0.25, 0.3) is 0 Å². The molecular weight excluding hydrogens is 310 g/mol. The van der Waals surface area contributed by atoms with Crippen LogP contribution in [0, 0.1) is 0 Å². The molecule has 4 nitrogen and oxygen atoms in total. The van der Waals surface area contributed by atoms with Crippen LogP contribution < -0.4 is 10.5 Å². The van der Waals surface area contributed by atoms with Gasteiger partial charge >= 0.3 is 0 Å². The van der Waals surface area contributed by atoms with Gasteiger partial charge in [0, 0.05) is 10.9 Å². The molecule has 5 heteroatoms. The van der Waals surface area contributed by atoms with Gasteiger partial charge in [-0.3, -0.25) is 4.79 Å². The molecule has 106 valence electrons. The van der Waals surface area contributed by atoms with Crippen molar-refractivity contribution < 1.29 is 14.6 Å². The standard InChI is InChI=1S/C14H20BrNO3/c1-2-4-11-13(19-8-3-7-15)6-5-10(14(11)18)12(17)9-16/h5-6,18H,2-4,7-9,16H2,1H3. The van der Waals surface area contributed by atoms with Crippen LogP contribution >= 0.6 is 15.9 Å². The first kappa shape index (κ1) is 16.0. The van der Waals surface area contributed by atoms with Crippen LogP contribution in [0.5, 0.6) is 11.5 Å². The fraction of sp³-hybridized carbons (Fsp3) is 0.500. The summed E-state index contributed by atoms with van der Waals surface area (Å²) in [5.74, 6) is 0.393. The molecule has 0 spiro atoms. The molecule has 3 N–H and O–H groups in total. The largest absolute Gasteiger partial charge is 0.507 e. The van der Waals surface area contributed by atoms with E-state index in [0.29, 0.717) is 24.3 Å². The number of ketones is 1. The number of alkyl halides is 1. The van der Waals surface area contributed by atoms with E-state index < -0.39 is 0 Å². The molecule has 19 heavy (non-hydrogen) atoms. The van der Waals surface area contributed by atoms with Crippen LogP contribution in [0.3, 0.4) is 0 Å². The van der Waals surface area contributed by atoms with Gasteiger partial charge in [-0.1, -0.05) is 29.3 Å². The molecule has 0 aliphatic heterocycles. The van der Waals surface area contributed by atoms with Crippen molar-refractivity contribution in [1.82, 2.24) is 0 Å². The third-order valence-corrected chi connectivity index (χ3v) is 3.32. The Bertz CT molecular complexity index is 435. The molecule has 0 unspecified atom stereocenters. The van der Waals surface area contributed by atoms with E-state index in [0.717, 1.165) is 18.2 Å². The van der Waals surface area contributed by atoms with Gasteiger partial charge in [-0.25, -0.2) is 0 Å². The predicted molar refractivity (Wildman–Crippen MR) is 79.4 cm³/mol. The molecule has 0 heterocycles. The van der Waals surface area contributed by atoms with Crippen LogP contribution in [0.1, 0.15) is 35.7 Å². The molecule has 1 aromatic rings. The molecule has 0 aliphatic rings. The summed E-state index contributed by atoms with van der Waals surface area (Å²) in [4.78, 5) is 11.6. The van der Waals surface area contributed by atoms with Crippen LogP contribution in [0.25, 0.3) is 0 Å². The van der Waals surface area contributed by atoms with Gasteiger partial charge < -0.3 is 15.6 Å². The van der Waals surface area contributed by atoms with Crippen LogP contribution in [-0.4, -0.2) is 29.4 Å². The van der Waals surface area contributed by atoms with Crippen molar-refractivity contribution in [3.8, 4) is 11.5 Å². The highest BCUT2D eigenvalue weighted by Crippen LogP contribution is 2.33. The van der Waals surface area contributed by atoms with Gasteiger partial charge in [0.2, 0.25) is 0 Å². The average molecular weight is 330 g/mol. The van der Waals surface area contributed by atoms with Crippen LogP contribution in [-0.2, 0) is 6.42 Å². The average Bonchev–Trinajstić information content (AvgIpc) is 2.42. The van der Waals surface area contributed by atoms with E-state index in [1.54, 1.807) is 12.1 Å². The maximum atomic E-state index is 11.6. The van der Waals surface area contributed by atoms with E-state index in [-0.39, 0.29) is 23.6 Å². The Morgan fingerprint density at radius 3 is 2.79 bits per heavy atom. The minimum Gasteiger partial charge on any atom is -0.507 e. The number of nitrogens with two attached hydrogens (primary N) is 1. The van der Waals surface area contributed by atoms with Crippen LogP contribution in [0.15, 0.2) is 12.1 Å². The first-order valence-corrected chi connectivity index (χ1v) is 7.54. The van der Waals surface area contributed by atoms with Crippen molar-refractivity contribution in [1.29, 1.82) is 0 Å². The lowest BCUT2D eigenvalue weighted by atomic mass is 10.0. The second-order valence-corrected chi connectivity index (χ2v) is 5.00. The molecule has 0 atom stereocenters. The number of carbonyl (C=O) groups is 1. The summed E-state index contributed by atoms with van der Waals surface area (Å²) in [6.07, 6.45) is 2.42. The van der Waals surface area contributed by atoms with Crippen molar-refractivity contribution in [2.24, 2.45) is 5.73 Å². The SMILES string of the molecule is CCCc1c(OCCCBr)ccc(C(=O)CN)c1O. The van der Waals surface area contributed by atoms with Crippen molar-refractivity contribution >= 4 is 21.7 Å². The maximum absolute atomic E-state index is 11.6. The lowest BCUT2D eigenvalue weighted by Crippen LogP contribution is -2.14. The number of ether oxygens (including phenoxy) is 1. The molecule has 0 amide bonds. The zero-order valence-electron chi connectivity index (χ0n) is 11.1. The number of phenolic OH excluding ortho intramolecular Hbond substituents is 1. The molecule has 0 saturated carbocycles.